The minimum Gasteiger partial charge on any atom is -0.450 e. The van der Waals surface area contributed by atoms with Gasteiger partial charge >= 0.3 is 6.09 Å². The first kappa shape index (κ1) is 19.1. The number of hydrogen-bond acceptors (Lipinski definition) is 3. The van der Waals surface area contributed by atoms with Crippen molar-refractivity contribution in [3.05, 3.63) is 35.4 Å². The van der Waals surface area contributed by atoms with Crippen LogP contribution < -0.4 is 11.1 Å². The SMILES string of the molecule is NC(=O)[C@H](Cc1cc(F)cc(F)c1)NC(=O)OCCC1CCCCC1. The Morgan fingerprint density at radius 3 is 2.40 bits per heavy atom. The molecule has 0 aliphatic heterocycles. The van der Waals surface area contributed by atoms with Crippen LogP contribution in [0.25, 0.3) is 0 Å². The summed E-state index contributed by atoms with van der Waals surface area (Å²) < 4.78 is 31.5. The van der Waals surface area contributed by atoms with Crippen LogP contribution in [0.5, 0.6) is 0 Å². The fraction of sp³-hybridized carbons (Fsp3) is 0.556. The van der Waals surface area contributed by atoms with Gasteiger partial charge in [0.2, 0.25) is 5.91 Å². The molecule has 1 aromatic carbocycles. The number of nitrogens with two attached hydrogens (primary N) is 1. The molecule has 5 nitrogen and oxygen atoms in total. The van der Waals surface area contributed by atoms with E-state index in [0.717, 1.165) is 37.5 Å². The van der Waals surface area contributed by atoms with Gasteiger partial charge in [0.1, 0.15) is 17.7 Å². The summed E-state index contributed by atoms with van der Waals surface area (Å²) in [5, 5.41) is 2.36. The second kappa shape index (κ2) is 9.34. The van der Waals surface area contributed by atoms with Gasteiger partial charge < -0.3 is 15.8 Å². The minimum atomic E-state index is -1.09. The minimum absolute atomic E-state index is 0.109. The Hall–Kier alpha value is -2.18. The van der Waals surface area contributed by atoms with Gasteiger partial charge in [0.25, 0.3) is 0 Å². The van der Waals surface area contributed by atoms with Crippen molar-refractivity contribution in [1.82, 2.24) is 5.32 Å². The predicted octanol–water partition coefficient (Wildman–Crippen LogP) is 3.06. The van der Waals surface area contributed by atoms with Gasteiger partial charge in [-0.15, -0.1) is 0 Å². The molecular formula is C18H24F2N2O3. The van der Waals surface area contributed by atoms with E-state index < -0.39 is 29.7 Å². The number of alkyl carbamates (subject to hydrolysis) is 1. The average molecular weight is 354 g/mol. The highest BCUT2D eigenvalue weighted by atomic mass is 19.1. The lowest BCUT2D eigenvalue weighted by atomic mass is 9.87. The molecule has 0 bridgehead atoms. The molecule has 3 N–H and O–H groups in total. The maximum atomic E-state index is 13.2. The number of nitrogens with one attached hydrogen (secondary N) is 1. The van der Waals surface area contributed by atoms with Crippen molar-refractivity contribution in [3.8, 4) is 0 Å². The number of hydrogen-bond donors (Lipinski definition) is 2. The molecule has 0 radical (unpaired) electrons. The van der Waals surface area contributed by atoms with E-state index >= 15 is 0 Å². The van der Waals surface area contributed by atoms with Gasteiger partial charge in [-0.25, -0.2) is 13.6 Å². The fourth-order valence-electron chi connectivity index (χ4n) is 3.17. The van der Waals surface area contributed by atoms with E-state index in [1.165, 1.54) is 19.3 Å². The van der Waals surface area contributed by atoms with Gasteiger partial charge in [-0.3, -0.25) is 4.79 Å². The summed E-state index contributed by atoms with van der Waals surface area (Å²) in [6.45, 7) is 0.274. The third-order valence-corrected chi connectivity index (χ3v) is 4.48. The van der Waals surface area contributed by atoms with Gasteiger partial charge in [-0.1, -0.05) is 32.1 Å². The molecule has 1 aliphatic carbocycles. The van der Waals surface area contributed by atoms with Gasteiger partial charge in [0.05, 0.1) is 6.61 Å². The quantitative estimate of drug-likeness (QED) is 0.790. The van der Waals surface area contributed by atoms with Crippen molar-refractivity contribution >= 4 is 12.0 Å². The van der Waals surface area contributed by atoms with Crippen molar-refractivity contribution in [2.45, 2.75) is 51.0 Å². The number of benzene rings is 1. The maximum absolute atomic E-state index is 13.2. The van der Waals surface area contributed by atoms with E-state index in [1.54, 1.807) is 0 Å². The first-order valence-corrected chi connectivity index (χ1v) is 8.61. The summed E-state index contributed by atoms with van der Waals surface area (Å²) in [6.07, 6.45) is 5.93. The van der Waals surface area contributed by atoms with Crippen LogP contribution in [0.3, 0.4) is 0 Å². The van der Waals surface area contributed by atoms with Crippen molar-refractivity contribution in [2.24, 2.45) is 11.7 Å². The van der Waals surface area contributed by atoms with Crippen molar-refractivity contribution in [2.75, 3.05) is 6.61 Å². The Balaban J connectivity index is 1.81. The van der Waals surface area contributed by atoms with E-state index in [2.05, 4.69) is 5.32 Å². The van der Waals surface area contributed by atoms with Crippen LogP contribution in [0, 0.1) is 17.6 Å². The Morgan fingerprint density at radius 1 is 1.16 bits per heavy atom. The molecule has 1 aromatic rings. The van der Waals surface area contributed by atoms with Crippen LogP contribution in [0.4, 0.5) is 13.6 Å². The normalized spacial score (nSPS) is 16.2. The molecule has 0 saturated heterocycles. The van der Waals surface area contributed by atoms with Crippen LogP contribution in [0.15, 0.2) is 18.2 Å². The number of amides is 2. The van der Waals surface area contributed by atoms with Crippen molar-refractivity contribution < 1.29 is 23.1 Å². The predicted molar refractivity (Wildman–Crippen MR) is 88.7 cm³/mol. The van der Waals surface area contributed by atoms with Crippen LogP contribution in [0.2, 0.25) is 0 Å². The molecule has 2 rings (SSSR count). The van der Waals surface area contributed by atoms with Crippen molar-refractivity contribution in [1.29, 1.82) is 0 Å². The topological polar surface area (TPSA) is 81.4 Å². The lowest BCUT2D eigenvalue weighted by Gasteiger charge is -2.21. The van der Waals surface area contributed by atoms with Crippen LogP contribution in [-0.2, 0) is 16.0 Å². The fourth-order valence-corrected chi connectivity index (χ4v) is 3.17. The number of rotatable bonds is 7. The summed E-state index contributed by atoms with van der Waals surface area (Å²) in [6, 6.07) is 1.82. The average Bonchev–Trinajstić information content (AvgIpc) is 2.54. The molecule has 0 aromatic heterocycles. The molecule has 138 valence electrons. The number of ether oxygens (including phenoxy) is 1. The Kier molecular flexibility index (Phi) is 7.16. The molecule has 25 heavy (non-hydrogen) atoms. The van der Waals surface area contributed by atoms with Crippen LogP contribution >= 0.6 is 0 Å². The zero-order chi connectivity index (χ0) is 18.2. The van der Waals surface area contributed by atoms with Crippen molar-refractivity contribution in [3.63, 3.8) is 0 Å². The highest BCUT2D eigenvalue weighted by Gasteiger charge is 2.21. The smallest absolute Gasteiger partial charge is 0.407 e. The number of halogens is 2. The maximum Gasteiger partial charge on any atom is 0.407 e. The molecule has 7 heteroatoms. The number of carbonyl (C=O) groups excluding carboxylic acids is 2. The molecule has 1 saturated carbocycles. The lowest BCUT2D eigenvalue weighted by molar-refractivity contribution is -0.119. The van der Waals surface area contributed by atoms with E-state index in [9.17, 15) is 18.4 Å². The van der Waals surface area contributed by atoms with Crippen LogP contribution in [-0.4, -0.2) is 24.6 Å². The lowest BCUT2D eigenvalue weighted by Crippen LogP contribution is -2.46. The summed E-state index contributed by atoms with van der Waals surface area (Å²) in [5.41, 5.74) is 5.48. The van der Waals surface area contributed by atoms with Crippen LogP contribution in [0.1, 0.15) is 44.1 Å². The zero-order valence-corrected chi connectivity index (χ0v) is 14.1. The monoisotopic (exact) mass is 354 g/mol. The Bertz CT molecular complexity index is 584. The molecule has 1 fully saturated rings. The first-order chi connectivity index (χ1) is 11.9. The summed E-state index contributed by atoms with van der Waals surface area (Å²) in [7, 11) is 0. The van der Waals surface area contributed by atoms with E-state index in [1.807, 2.05) is 0 Å². The molecule has 0 heterocycles. The molecule has 0 unspecified atom stereocenters. The van der Waals surface area contributed by atoms with E-state index in [4.69, 9.17) is 10.5 Å². The highest BCUT2D eigenvalue weighted by Crippen LogP contribution is 2.26. The van der Waals surface area contributed by atoms with Gasteiger partial charge in [-0.2, -0.15) is 0 Å². The highest BCUT2D eigenvalue weighted by molar-refractivity contribution is 5.84. The molecule has 2 amide bonds. The molecule has 0 spiro atoms. The largest absolute Gasteiger partial charge is 0.450 e. The number of primary amides is 1. The summed E-state index contributed by atoms with van der Waals surface area (Å²) >= 11 is 0. The summed E-state index contributed by atoms with van der Waals surface area (Å²) in [5.74, 6) is -1.74. The Labute approximate surface area is 145 Å². The van der Waals surface area contributed by atoms with Gasteiger partial charge in [0, 0.05) is 12.5 Å². The second-order valence-corrected chi connectivity index (χ2v) is 6.51. The third kappa shape index (κ3) is 6.68. The number of carbonyl (C=O) groups is 2. The van der Waals surface area contributed by atoms with E-state index in [0.29, 0.717) is 5.92 Å². The molecule has 1 atom stereocenters. The van der Waals surface area contributed by atoms with Gasteiger partial charge in [0.15, 0.2) is 0 Å². The Morgan fingerprint density at radius 2 is 1.80 bits per heavy atom. The third-order valence-electron chi connectivity index (χ3n) is 4.48. The summed E-state index contributed by atoms with van der Waals surface area (Å²) in [4.78, 5) is 23.3. The zero-order valence-electron chi connectivity index (χ0n) is 14.1. The molecular weight excluding hydrogens is 330 g/mol. The second-order valence-electron chi connectivity index (χ2n) is 6.51. The standard InChI is InChI=1S/C18H24F2N2O3/c19-14-8-13(9-15(20)11-14)10-16(17(21)23)22-18(24)25-7-6-12-4-2-1-3-5-12/h8-9,11-12,16H,1-7,10H2,(H2,21,23)(H,22,24)/t16-/m0/s1. The first-order valence-electron chi connectivity index (χ1n) is 8.61. The van der Waals surface area contributed by atoms with Gasteiger partial charge in [-0.05, 0) is 30.0 Å². The van der Waals surface area contributed by atoms with E-state index in [-0.39, 0.29) is 18.6 Å². The molecule has 1 aliphatic rings.